The Hall–Kier alpha value is -1.39. The molecule has 1 heterocycles. The first kappa shape index (κ1) is 21.7. The van der Waals surface area contributed by atoms with Gasteiger partial charge in [0.2, 0.25) is 0 Å². The van der Waals surface area contributed by atoms with Crippen molar-refractivity contribution in [2.75, 3.05) is 7.11 Å². The van der Waals surface area contributed by atoms with E-state index >= 15 is 0 Å². The van der Waals surface area contributed by atoms with Crippen LogP contribution in [0.3, 0.4) is 0 Å². The lowest BCUT2D eigenvalue weighted by atomic mass is 10.1. The van der Waals surface area contributed by atoms with E-state index in [1.807, 2.05) is 18.2 Å². The number of hydrogen-bond donors (Lipinski definition) is 1. The molecule has 1 saturated heterocycles. The van der Waals surface area contributed by atoms with E-state index in [9.17, 15) is 9.90 Å². The van der Waals surface area contributed by atoms with Gasteiger partial charge in [-0.1, -0.05) is 62.6 Å². The third kappa shape index (κ3) is 11.7. The molecule has 0 bridgehead atoms. The van der Waals surface area contributed by atoms with Gasteiger partial charge in [0.1, 0.15) is 6.10 Å². The van der Waals surface area contributed by atoms with Gasteiger partial charge < -0.3 is 14.6 Å². The molecule has 1 aliphatic rings. The lowest BCUT2D eigenvalue weighted by Gasteiger charge is -1.99. The zero-order chi connectivity index (χ0) is 18.3. The Balaban J connectivity index is 2.00. The largest absolute Gasteiger partial charge is 0.469 e. The molecule has 0 unspecified atom stereocenters. The summed E-state index contributed by atoms with van der Waals surface area (Å²) in [6.07, 6.45) is 20.7. The normalized spacial score (nSPS) is 21.4. The minimum Gasteiger partial charge on any atom is -0.469 e. The molecule has 0 aliphatic carbocycles. The molecule has 4 nitrogen and oxygen atoms in total. The zero-order valence-corrected chi connectivity index (χ0v) is 15.7. The van der Waals surface area contributed by atoms with Crippen LogP contribution in [-0.2, 0) is 14.3 Å². The molecule has 1 aliphatic heterocycles. The third-order valence-electron chi connectivity index (χ3n) is 4.20. The standard InChI is InChI=1S/C21H34O4/c1-3-4-10-14-19-20(25-19)17-16-18(22)13-11-8-6-5-7-9-12-15-21(23)24-2/h5,7-8,11,16-20,22H,3-4,6,9-10,12-15H2,1-2H3/b7-5-,11-8-,17-16+/t18-,19+,20+/m1/s1. The number of rotatable bonds is 14. The molecule has 142 valence electrons. The van der Waals surface area contributed by atoms with Gasteiger partial charge in [-0.25, -0.2) is 0 Å². The molecule has 1 N–H and O–H groups in total. The van der Waals surface area contributed by atoms with E-state index in [1.54, 1.807) is 0 Å². The maximum absolute atomic E-state index is 10.9. The van der Waals surface area contributed by atoms with E-state index in [2.05, 4.69) is 29.9 Å². The molecule has 0 spiro atoms. The lowest BCUT2D eigenvalue weighted by Crippen LogP contribution is -2.00. The highest BCUT2D eigenvalue weighted by Crippen LogP contribution is 2.28. The van der Waals surface area contributed by atoms with Gasteiger partial charge >= 0.3 is 5.97 Å². The van der Waals surface area contributed by atoms with Crippen molar-refractivity contribution < 1.29 is 19.4 Å². The number of aliphatic hydroxyl groups is 1. The van der Waals surface area contributed by atoms with Crippen molar-refractivity contribution in [3.8, 4) is 0 Å². The monoisotopic (exact) mass is 350 g/mol. The van der Waals surface area contributed by atoms with Gasteiger partial charge in [0.15, 0.2) is 0 Å². The van der Waals surface area contributed by atoms with Crippen LogP contribution in [0.2, 0.25) is 0 Å². The summed E-state index contributed by atoms with van der Waals surface area (Å²) in [5.41, 5.74) is 0. The minimum atomic E-state index is -0.444. The zero-order valence-electron chi connectivity index (χ0n) is 15.7. The first-order valence-corrected chi connectivity index (χ1v) is 9.56. The second kappa shape index (κ2) is 13.9. The number of carbonyl (C=O) groups excluding carboxylic acids is 1. The van der Waals surface area contributed by atoms with Gasteiger partial charge in [-0.3, -0.25) is 4.79 Å². The Morgan fingerprint density at radius 1 is 1.20 bits per heavy atom. The van der Waals surface area contributed by atoms with Crippen LogP contribution >= 0.6 is 0 Å². The highest BCUT2D eigenvalue weighted by molar-refractivity contribution is 5.69. The predicted molar refractivity (Wildman–Crippen MR) is 101 cm³/mol. The Bertz CT molecular complexity index is 439. The summed E-state index contributed by atoms with van der Waals surface area (Å²) in [5, 5.41) is 9.92. The molecule has 0 aromatic carbocycles. The number of methoxy groups -OCH3 is 1. The van der Waals surface area contributed by atoms with Crippen molar-refractivity contribution in [3.05, 3.63) is 36.5 Å². The van der Waals surface area contributed by atoms with Crippen LogP contribution in [0, 0.1) is 0 Å². The number of epoxide rings is 1. The average molecular weight is 350 g/mol. The highest BCUT2D eigenvalue weighted by Gasteiger charge is 2.35. The van der Waals surface area contributed by atoms with Crippen molar-refractivity contribution in [1.82, 2.24) is 0 Å². The van der Waals surface area contributed by atoms with Gasteiger partial charge in [0.25, 0.3) is 0 Å². The lowest BCUT2D eigenvalue weighted by molar-refractivity contribution is -0.140. The molecule has 25 heavy (non-hydrogen) atoms. The maximum atomic E-state index is 10.9. The SMILES string of the molecule is CCCCC[C@@H]1O[C@H]1/C=C/[C@H](O)C/C=C\C/C=C\CCCC(=O)OC. The second-order valence-corrected chi connectivity index (χ2v) is 6.47. The van der Waals surface area contributed by atoms with Crippen LogP contribution in [-0.4, -0.2) is 36.5 Å². The van der Waals surface area contributed by atoms with Crippen LogP contribution in [0.15, 0.2) is 36.5 Å². The summed E-state index contributed by atoms with van der Waals surface area (Å²) in [6.45, 7) is 2.20. The van der Waals surface area contributed by atoms with Crippen LogP contribution in [0.5, 0.6) is 0 Å². The van der Waals surface area contributed by atoms with Gasteiger partial charge in [-0.05, 0) is 32.1 Å². The molecule has 0 aromatic heterocycles. The molecule has 0 aromatic rings. The van der Waals surface area contributed by atoms with Crippen molar-refractivity contribution in [3.63, 3.8) is 0 Å². The summed E-state index contributed by atoms with van der Waals surface area (Å²) in [4.78, 5) is 10.9. The molecule has 4 heteroatoms. The second-order valence-electron chi connectivity index (χ2n) is 6.47. The highest BCUT2D eigenvalue weighted by atomic mass is 16.6. The van der Waals surface area contributed by atoms with Gasteiger partial charge in [0, 0.05) is 6.42 Å². The molecule has 0 saturated carbocycles. The molecule has 1 fully saturated rings. The minimum absolute atomic E-state index is 0.154. The fourth-order valence-corrected chi connectivity index (χ4v) is 2.56. The first-order valence-electron chi connectivity index (χ1n) is 9.56. The van der Waals surface area contributed by atoms with E-state index < -0.39 is 6.10 Å². The number of allylic oxidation sites excluding steroid dienone is 3. The number of esters is 1. The summed E-state index contributed by atoms with van der Waals surface area (Å²) in [7, 11) is 1.41. The predicted octanol–water partition coefficient (Wildman–Crippen LogP) is 4.49. The van der Waals surface area contributed by atoms with Gasteiger partial charge in [0.05, 0.1) is 19.3 Å². The van der Waals surface area contributed by atoms with Crippen molar-refractivity contribution in [2.45, 2.75) is 83.0 Å². The van der Waals surface area contributed by atoms with Crippen molar-refractivity contribution in [1.29, 1.82) is 0 Å². The fraction of sp³-hybridized carbons (Fsp3) is 0.667. The molecule has 0 amide bonds. The van der Waals surface area contributed by atoms with E-state index in [0.717, 1.165) is 25.7 Å². The topological polar surface area (TPSA) is 59.1 Å². The summed E-state index contributed by atoms with van der Waals surface area (Å²) < 4.78 is 10.2. The van der Waals surface area contributed by atoms with Crippen molar-refractivity contribution >= 4 is 5.97 Å². The summed E-state index contributed by atoms with van der Waals surface area (Å²) in [5.74, 6) is -0.154. The Kier molecular flexibility index (Phi) is 12.0. The molecule has 1 rings (SSSR count). The van der Waals surface area contributed by atoms with Crippen molar-refractivity contribution in [2.24, 2.45) is 0 Å². The molecular weight excluding hydrogens is 316 g/mol. The third-order valence-corrected chi connectivity index (χ3v) is 4.20. The molecule has 0 radical (unpaired) electrons. The molecular formula is C21H34O4. The van der Waals surface area contributed by atoms with E-state index in [-0.39, 0.29) is 12.1 Å². The Morgan fingerprint density at radius 2 is 2.00 bits per heavy atom. The van der Waals surface area contributed by atoms with E-state index in [0.29, 0.717) is 18.9 Å². The number of ether oxygens (including phenoxy) is 2. The smallest absolute Gasteiger partial charge is 0.305 e. The van der Waals surface area contributed by atoms with Gasteiger partial charge in [-0.2, -0.15) is 0 Å². The van der Waals surface area contributed by atoms with Crippen LogP contribution in [0.1, 0.15) is 64.7 Å². The molecule has 3 atom stereocenters. The van der Waals surface area contributed by atoms with Crippen LogP contribution in [0.4, 0.5) is 0 Å². The number of hydrogen-bond acceptors (Lipinski definition) is 4. The number of carbonyl (C=O) groups is 1. The van der Waals surface area contributed by atoms with Crippen LogP contribution in [0.25, 0.3) is 0 Å². The quantitative estimate of drug-likeness (QED) is 0.217. The summed E-state index contributed by atoms with van der Waals surface area (Å²) in [6, 6.07) is 0. The van der Waals surface area contributed by atoms with Crippen LogP contribution < -0.4 is 0 Å². The summed E-state index contributed by atoms with van der Waals surface area (Å²) >= 11 is 0. The number of unbranched alkanes of at least 4 members (excludes halogenated alkanes) is 3. The van der Waals surface area contributed by atoms with Gasteiger partial charge in [-0.15, -0.1) is 0 Å². The maximum Gasteiger partial charge on any atom is 0.305 e. The average Bonchev–Trinajstić information content (AvgIpc) is 3.36. The first-order chi connectivity index (χ1) is 12.2. The van der Waals surface area contributed by atoms with E-state index in [1.165, 1.54) is 26.4 Å². The Morgan fingerprint density at radius 3 is 2.76 bits per heavy atom. The Labute approximate surface area is 152 Å². The fourth-order valence-electron chi connectivity index (χ4n) is 2.56. The van der Waals surface area contributed by atoms with E-state index in [4.69, 9.17) is 4.74 Å². The number of aliphatic hydroxyl groups excluding tert-OH is 1.